The number of rotatable bonds is 18. The number of aromatic nitrogens is 3. The highest BCUT2D eigenvalue weighted by Gasteiger charge is 2.16. The van der Waals surface area contributed by atoms with Gasteiger partial charge in [0.2, 0.25) is 0 Å². The van der Waals surface area contributed by atoms with Crippen LogP contribution in [0.25, 0.3) is 39.4 Å². The maximum Gasteiger partial charge on any atom is 0.162 e. The zero-order valence-corrected chi connectivity index (χ0v) is 30.3. The van der Waals surface area contributed by atoms with E-state index in [9.17, 15) is 0 Å². The van der Waals surface area contributed by atoms with E-state index in [1.807, 2.05) is 25.7 Å². The first-order chi connectivity index (χ1) is 24.4. The number of hydrogen-bond donors (Lipinski definition) is 1. The summed E-state index contributed by atoms with van der Waals surface area (Å²) in [4.78, 5) is 28.5. The molecule has 0 amide bonds. The molecule has 2 heterocycles. The Morgan fingerprint density at radius 1 is 0.620 bits per heavy atom. The Bertz CT molecular complexity index is 1850. The summed E-state index contributed by atoms with van der Waals surface area (Å²) in [7, 11) is 10.3. The van der Waals surface area contributed by atoms with E-state index in [0.717, 1.165) is 109 Å². The van der Waals surface area contributed by atoms with Gasteiger partial charge in [0, 0.05) is 66.7 Å². The minimum Gasteiger partial charge on any atom is -0.320 e. The van der Waals surface area contributed by atoms with E-state index in [1.54, 1.807) is 0 Å². The van der Waals surface area contributed by atoms with Crippen LogP contribution in [0.2, 0.25) is 0 Å². The summed E-state index contributed by atoms with van der Waals surface area (Å²) < 4.78 is 2.14. The number of benzene rings is 3. The number of hydrogen-bond acceptors (Lipinski definition) is 8. The van der Waals surface area contributed by atoms with E-state index in [1.165, 1.54) is 0 Å². The van der Waals surface area contributed by atoms with Crippen molar-refractivity contribution >= 4 is 29.7 Å². The van der Waals surface area contributed by atoms with Gasteiger partial charge in [-0.25, -0.2) is 9.97 Å². The van der Waals surface area contributed by atoms with Gasteiger partial charge in [0.15, 0.2) is 5.82 Å². The fourth-order valence-electron chi connectivity index (χ4n) is 5.55. The Morgan fingerprint density at radius 3 is 1.64 bits per heavy atom. The van der Waals surface area contributed by atoms with Gasteiger partial charge in [-0.3, -0.25) is 15.0 Å². The Hall–Kier alpha value is -4.83. The van der Waals surface area contributed by atoms with Gasteiger partial charge < -0.3 is 19.7 Å². The molecule has 0 saturated carbocycles. The van der Waals surface area contributed by atoms with Crippen molar-refractivity contribution in [2.45, 2.75) is 19.3 Å². The van der Waals surface area contributed by atoms with E-state index in [-0.39, 0.29) is 0 Å². The molecule has 260 valence electrons. The second-order valence-electron chi connectivity index (χ2n) is 13.0. The van der Waals surface area contributed by atoms with Crippen LogP contribution in [-0.2, 0) is 0 Å². The zero-order valence-electron chi connectivity index (χ0n) is 30.3. The van der Waals surface area contributed by atoms with Crippen molar-refractivity contribution in [2.75, 3.05) is 74.5 Å². The third kappa shape index (κ3) is 10.6. The predicted octanol–water partition coefficient (Wildman–Crippen LogP) is 6.52. The fraction of sp³-hybridized carbons (Fsp3) is 0.341. The van der Waals surface area contributed by atoms with E-state index >= 15 is 0 Å². The van der Waals surface area contributed by atoms with Gasteiger partial charge in [-0.2, -0.15) is 0 Å². The van der Waals surface area contributed by atoms with Gasteiger partial charge in [-0.05, 0) is 109 Å². The van der Waals surface area contributed by atoms with Gasteiger partial charge in [-0.1, -0.05) is 60.7 Å². The van der Waals surface area contributed by atoms with Crippen molar-refractivity contribution in [1.29, 1.82) is 0 Å². The standard InChI is InChI=1S/C41H51N9/c1-42-22-6-23-43-29-32-9-15-35(16-10-32)39-38-21-28-50(37-19-13-34(14-20-37)31-45-25-8-27-49(4)5)41(38)47-40(46-39)36-17-11-33(12-18-36)30-44-24-7-26-48(2)3/h9-21,28-31,42H,6-8,22-27H2,1-5H3. The Balaban J connectivity index is 1.44. The topological polar surface area (TPSA) is 86.3 Å². The lowest BCUT2D eigenvalue weighted by Crippen LogP contribution is -2.13. The molecule has 0 fully saturated rings. The molecular formula is C41H51N9. The number of fused-ring (bicyclic) bond motifs is 1. The van der Waals surface area contributed by atoms with Crippen molar-refractivity contribution in [3.05, 3.63) is 102 Å². The molecule has 50 heavy (non-hydrogen) atoms. The van der Waals surface area contributed by atoms with E-state index in [2.05, 4.69) is 148 Å². The summed E-state index contributed by atoms with van der Waals surface area (Å²) in [5, 5.41) is 4.16. The zero-order chi connectivity index (χ0) is 35.1. The summed E-state index contributed by atoms with van der Waals surface area (Å²) in [6.07, 6.45) is 11.0. The molecular weight excluding hydrogens is 619 g/mol. The first kappa shape index (κ1) is 36.5. The van der Waals surface area contributed by atoms with E-state index in [0.29, 0.717) is 5.82 Å². The number of nitrogens with zero attached hydrogens (tertiary/aromatic N) is 8. The van der Waals surface area contributed by atoms with Crippen molar-refractivity contribution in [3.63, 3.8) is 0 Å². The molecule has 9 nitrogen and oxygen atoms in total. The molecule has 0 unspecified atom stereocenters. The molecule has 3 aromatic carbocycles. The van der Waals surface area contributed by atoms with Gasteiger partial charge >= 0.3 is 0 Å². The molecule has 0 bridgehead atoms. The van der Waals surface area contributed by atoms with Crippen molar-refractivity contribution < 1.29 is 0 Å². The van der Waals surface area contributed by atoms with Crippen molar-refractivity contribution in [1.82, 2.24) is 29.7 Å². The van der Waals surface area contributed by atoms with Crippen LogP contribution in [0, 0.1) is 0 Å². The lowest BCUT2D eigenvalue weighted by atomic mass is 10.1. The van der Waals surface area contributed by atoms with Crippen LogP contribution in [0.1, 0.15) is 36.0 Å². The van der Waals surface area contributed by atoms with E-state index < -0.39 is 0 Å². The molecule has 1 N–H and O–H groups in total. The molecule has 0 atom stereocenters. The maximum absolute atomic E-state index is 5.16. The Morgan fingerprint density at radius 2 is 1.12 bits per heavy atom. The summed E-state index contributed by atoms with van der Waals surface area (Å²) >= 11 is 0. The number of aliphatic imine (C=N–C) groups is 3. The molecule has 0 aliphatic carbocycles. The lowest BCUT2D eigenvalue weighted by Gasteiger charge is -2.11. The van der Waals surface area contributed by atoms with Crippen molar-refractivity contribution in [2.24, 2.45) is 15.0 Å². The predicted molar refractivity (Wildman–Crippen MR) is 212 cm³/mol. The largest absolute Gasteiger partial charge is 0.320 e. The monoisotopic (exact) mass is 669 g/mol. The highest BCUT2D eigenvalue weighted by molar-refractivity contribution is 5.94. The molecule has 0 radical (unpaired) electrons. The first-order valence-corrected chi connectivity index (χ1v) is 17.6. The van der Waals surface area contributed by atoms with Crippen LogP contribution in [0.5, 0.6) is 0 Å². The molecule has 0 aliphatic heterocycles. The summed E-state index contributed by atoms with van der Waals surface area (Å²) in [6.45, 7) is 5.46. The maximum atomic E-state index is 5.16. The summed E-state index contributed by atoms with van der Waals surface area (Å²) in [5.74, 6) is 0.679. The van der Waals surface area contributed by atoms with Gasteiger partial charge in [0.05, 0.1) is 5.69 Å². The van der Waals surface area contributed by atoms with Crippen LogP contribution in [0.15, 0.2) is 100 Å². The molecule has 2 aromatic heterocycles. The summed E-state index contributed by atoms with van der Waals surface area (Å²) in [5.41, 5.74) is 7.99. The smallest absolute Gasteiger partial charge is 0.162 e. The lowest BCUT2D eigenvalue weighted by molar-refractivity contribution is 0.403. The van der Waals surface area contributed by atoms with Gasteiger partial charge in [0.25, 0.3) is 0 Å². The normalized spacial score (nSPS) is 12.2. The molecule has 5 aromatic rings. The van der Waals surface area contributed by atoms with Crippen molar-refractivity contribution in [3.8, 4) is 28.3 Å². The average Bonchev–Trinajstić information content (AvgIpc) is 3.56. The van der Waals surface area contributed by atoms with Gasteiger partial charge in [-0.15, -0.1) is 0 Å². The minimum absolute atomic E-state index is 0.679. The Kier molecular flexibility index (Phi) is 13.7. The van der Waals surface area contributed by atoms with E-state index in [4.69, 9.17) is 9.97 Å². The average molecular weight is 670 g/mol. The van der Waals surface area contributed by atoms with Crippen LogP contribution >= 0.6 is 0 Å². The highest BCUT2D eigenvalue weighted by atomic mass is 15.1. The molecule has 5 rings (SSSR count). The van der Waals surface area contributed by atoms with Crippen LogP contribution in [-0.4, -0.2) is 117 Å². The SMILES string of the molecule is CNCCCN=Cc1ccc(-c2nc(-c3ccc(C=NCCCN(C)C)cc3)nc3c2ccn3-c2ccc(C=NCCCN(C)C)cc2)cc1. The molecule has 0 saturated heterocycles. The van der Waals surface area contributed by atoms with Gasteiger partial charge in [0.1, 0.15) is 5.65 Å². The molecule has 0 spiro atoms. The minimum atomic E-state index is 0.679. The molecule has 9 heteroatoms. The third-order valence-corrected chi connectivity index (χ3v) is 8.29. The second-order valence-corrected chi connectivity index (χ2v) is 13.0. The van der Waals surface area contributed by atoms with Crippen LogP contribution < -0.4 is 5.32 Å². The highest BCUT2D eigenvalue weighted by Crippen LogP contribution is 2.31. The second kappa shape index (κ2) is 18.8. The number of nitrogens with one attached hydrogen (secondary N) is 1. The fourth-order valence-corrected chi connectivity index (χ4v) is 5.55. The quantitative estimate of drug-likeness (QED) is 0.0848. The first-order valence-electron chi connectivity index (χ1n) is 17.6. The molecule has 0 aliphatic rings. The Labute approximate surface area is 297 Å². The van der Waals surface area contributed by atoms with Crippen LogP contribution in [0.4, 0.5) is 0 Å². The van der Waals surface area contributed by atoms with Crippen LogP contribution in [0.3, 0.4) is 0 Å². The third-order valence-electron chi connectivity index (χ3n) is 8.29. The summed E-state index contributed by atoms with van der Waals surface area (Å²) in [6, 6.07) is 27.4.